The number of anilines is 4. The molecule has 0 fully saturated rings. The van der Waals surface area contributed by atoms with E-state index in [1.807, 2.05) is 60.7 Å². The average molecular weight is 386 g/mol. The van der Waals surface area contributed by atoms with Gasteiger partial charge < -0.3 is 21.1 Å². The van der Waals surface area contributed by atoms with E-state index in [1.54, 1.807) is 24.3 Å². The number of benzene rings is 3. The number of nitrogens with two attached hydrogens (primary N) is 1. The molecule has 1 aromatic heterocycles. The number of aromatic nitrogens is 3. The van der Waals surface area contributed by atoms with Gasteiger partial charge in [0, 0.05) is 11.4 Å². The number of carbonyl (C=O) groups is 1. The summed E-state index contributed by atoms with van der Waals surface area (Å²) in [4.78, 5) is 16.6. The van der Waals surface area contributed by atoms with E-state index in [1.165, 1.54) is 0 Å². The Labute approximate surface area is 167 Å². The lowest BCUT2D eigenvalue weighted by atomic mass is 10.3. The van der Waals surface area contributed by atoms with Crippen LogP contribution >= 0.6 is 0 Å². The standard InChI is InChI=1S/C21H18N6O2/c22-19-25-20(23-15-7-3-1-4-8-15)26-27(19)21(28)24-16-11-13-18(14-12-16)29-17-9-5-2-6-10-17/h1-14H,(H,24,28)(H3,22,23,25,26). The maximum Gasteiger partial charge on any atom is 0.349 e. The molecular formula is C21H18N6O2. The number of nitrogens with zero attached hydrogens (tertiary/aromatic N) is 3. The number of carbonyl (C=O) groups excluding carboxylic acids is 1. The van der Waals surface area contributed by atoms with Gasteiger partial charge >= 0.3 is 6.03 Å². The summed E-state index contributed by atoms with van der Waals surface area (Å²) in [6, 6.07) is 25.3. The fraction of sp³-hybridized carbons (Fsp3) is 0. The molecule has 29 heavy (non-hydrogen) atoms. The van der Waals surface area contributed by atoms with Crippen LogP contribution in [0.15, 0.2) is 84.9 Å². The molecule has 1 heterocycles. The summed E-state index contributed by atoms with van der Waals surface area (Å²) in [6.45, 7) is 0. The number of rotatable bonds is 5. The number of hydrogen-bond acceptors (Lipinski definition) is 6. The second-order valence-electron chi connectivity index (χ2n) is 6.07. The van der Waals surface area contributed by atoms with Gasteiger partial charge in [0.25, 0.3) is 0 Å². The third-order valence-corrected chi connectivity index (χ3v) is 3.94. The van der Waals surface area contributed by atoms with Gasteiger partial charge in [-0.05, 0) is 48.5 Å². The molecule has 0 unspecified atom stereocenters. The summed E-state index contributed by atoms with van der Waals surface area (Å²) >= 11 is 0. The molecule has 0 bridgehead atoms. The Morgan fingerprint density at radius 2 is 1.45 bits per heavy atom. The third-order valence-electron chi connectivity index (χ3n) is 3.94. The number of amides is 1. The SMILES string of the molecule is Nc1nc(Nc2ccccc2)nn1C(=O)Nc1ccc(Oc2ccccc2)cc1. The Bertz CT molecular complexity index is 1100. The van der Waals surface area contributed by atoms with Crippen molar-refractivity contribution in [3.8, 4) is 11.5 Å². The molecule has 0 spiro atoms. The summed E-state index contributed by atoms with van der Waals surface area (Å²) in [6.07, 6.45) is 0. The van der Waals surface area contributed by atoms with Crippen LogP contribution in [0.3, 0.4) is 0 Å². The highest BCUT2D eigenvalue weighted by atomic mass is 16.5. The van der Waals surface area contributed by atoms with Crippen LogP contribution in [0, 0.1) is 0 Å². The molecule has 0 atom stereocenters. The Balaban J connectivity index is 1.41. The molecule has 4 N–H and O–H groups in total. The highest BCUT2D eigenvalue weighted by Crippen LogP contribution is 2.23. The third kappa shape index (κ3) is 4.51. The van der Waals surface area contributed by atoms with Crippen molar-refractivity contribution < 1.29 is 9.53 Å². The fourth-order valence-electron chi connectivity index (χ4n) is 2.58. The Hall–Kier alpha value is -4.33. The minimum absolute atomic E-state index is 0.0232. The number of nitrogen functional groups attached to an aromatic ring is 1. The Kier molecular flexibility index (Phi) is 5.06. The van der Waals surface area contributed by atoms with Crippen molar-refractivity contribution in [2.75, 3.05) is 16.4 Å². The topological polar surface area (TPSA) is 107 Å². The van der Waals surface area contributed by atoms with Crippen LogP contribution in [0.5, 0.6) is 11.5 Å². The first-order valence-electron chi connectivity index (χ1n) is 8.86. The molecule has 4 aromatic rings. The first kappa shape index (κ1) is 18.1. The number of para-hydroxylation sites is 2. The molecule has 0 radical (unpaired) electrons. The van der Waals surface area contributed by atoms with Gasteiger partial charge in [-0.3, -0.25) is 0 Å². The Morgan fingerprint density at radius 3 is 2.14 bits per heavy atom. The van der Waals surface area contributed by atoms with Gasteiger partial charge in [0.2, 0.25) is 11.9 Å². The van der Waals surface area contributed by atoms with E-state index in [0.717, 1.165) is 16.1 Å². The van der Waals surface area contributed by atoms with E-state index < -0.39 is 6.03 Å². The lowest BCUT2D eigenvalue weighted by Gasteiger charge is -2.08. The molecule has 0 aliphatic rings. The summed E-state index contributed by atoms with van der Waals surface area (Å²) in [5.74, 6) is 1.60. The normalized spacial score (nSPS) is 10.3. The van der Waals surface area contributed by atoms with Crippen LogP contribution < -0.4 is 21.1 Å². The largest absolute Gasteiger partial charge is 0.457 e. The van der Waals surface area contributed by atoms with Crippen molar-refractivity contribution in [3.63, 3.8) is 0 Å². The quantitative estimate of drug-likeness (QED) is 0.467. The molecule has 0 saturated carbocycles. The van der Waals surface area contributed by atoms with Gasteiger partial charge in [-0.1, -0.05) is 36.4 Å². The van der Waals surface area contributed by atoms with Crippen LogP contribution in [0.25, 0.3) is 0 Å². The molecule has 8 heteroatoms. The van der Waals surface area contributed by atoms with Gasteiger partial charge in [-0.25, -0.2) is 4.79 Å². The van der Waals surface area contributed by atoms with Crippen LogP contribution in [0.2, 0.25) is 0 Å². The minimum atomic E-state index is -0.521. The summed E-state index contributed by atoms with van der Waals surface area (Å²) in [5, 5.41) is 9.83. The average Bonchev–Trinajstić information content (AvgIpc) is 3.11. The first-order valence-corrected chi connectivity index (χ1v) is 8.86. The highest BCUT2D eigenvalue weighted by molar-refractivity contribution is 5.92. The van der Waals surface area contributed by atoms with Crippen molar-refractivity contribution >= 4 is 29.3 Å². The smallest absolute Gasteiger partial charge is 0.349 e. The minimum Gasteiger partial charge on any atom is -0.457 e. The van der Waals surface area contributed by atoms with Crippen molar-refractivity contribution in [2.45, 2.75) is 0 Å². The molecule has 0 aliphatic heterocycles. The summed E-state index contributed by atoms with van der Waals surface area (Å²) in [7, 11) is 0. The summed E-state index contributed by atoms with van der Waals surface area (Å²) < 4.78 is 6.73. The molecule has 8 nitrogen and oxygen atoms in total. The predicted octanol–water partition coefficient (Wildman–Crippen LogP) is 4.48. The van der Waals surface area contributed by atoms with Crippen molar-refractivity contribution in [1.82, 2.24) is 14.8 Å². The number of ether oxygens (including phenoxy) is 1. The van der Waals surface area contributed by atoms with E-state index in [0.29, 0.717) is 11.4 Å². The Morgan fingerprint density at radius 1 is 0.828 bits per heavy atom. The fourth-order valence-corrected chi connectivity index (χ4v) is 2.58. The van der Waals surface area contributed by atoms with Crippen LogP contribution in [-0.4, -0.2) is 20.8 Å². The molecule has 4 rings (SSSR count). The zero-order valence-electron chi connectivity index (χ0n) is 15.3. The first-order chi connectivity index (χ1) is 14.2. The van der Waals surface area contributed by atoms with Crippen molar-refractivity contribution in [3.05, 3.63) is 84.9 Å². The highest BCUT2D eigenvalue weighted by Gasteiger charge is 2.14. The lowest BCUT2D eigenvalue weighted by Crippen LogP contribution is -2.22. The number of hydrogen-bond donors (Lipinski definition) is 3. The monoisotopic (exact) mass is 386 g/mol. The second-order valence-corrected chi connectivity index (χ2v) is 6.07. The van der Waals surface area contributed by atoms with E-state index in [4.69, 9.17) is 10.5 Å². The summed E-state index contributed by atoms with van der Waals surface area (Å²) in [5.41, 5.74) is 7.19. The van der Waals surface area contributed by atoms with Crippen LogP contribution in [-0.2, 0) is 0 Å². The van der Waals surface area contributed by atoms with Crippen molar-refractivity contribution in [2.24, 2.45) is 0 Å². The molecule has 0 aliphatic carbocycles. The van der Waals surface area contributed by atoms with Crippen LogP contribution in [0.1, 0.15) is 0 Å². The van der Waals surface area contributed by atoms with E-state index >= 15 is 0 Å². The van der Waals surface area contributed by atoms with Crippen molar-refractivity contribution in [1.29, 1.82) is 0 Å². The van der Waals surface area contributed by atoms with E-state index in [2.05, 4.69) is 20.7 Å². The zero-order valence-corrected chi connectivity index (χ0v) is 15.3. The molecular weight excluding hydrogens is 368 g/mol. The molecule has 1 amide bonds. The zero-order chi connectivity index (χ0) is 20.1. The van der Waals surface area contributed by atoms with Gasteiger partial charge in [-0.15, -0.1) is 9.78 Å². The molecule has 144 valence electrons. The van der Waals surface area contributed by atoms with Gasteiger partial charge in [0.05, 0.1) is 0 Å². The maximum atomic E-state index is 12.5. The van der Waals surface area contributed by atoms with E-state index in [-0.39, 0.29) is 11.9 Å². The van der Waals surface area contributed by atoms with E-state index in [9.17, 15) is 4.79 Å². The number of nitrogens with one attached hydrogen (secondary N) is 2. The van der Waals surface area contributed by atoms with Gasteiger partial charge in [0.15, 0.2) is 0 Å². The molecule has 0 saturated heterocycles. The predicted molar refractivity (Wildman–Crippen MR) is 112 cm³/mol. The molecule has 3 aromatic carbocycles. The van der Waals surface area contributed by atoms with Gasteiger partial charge in [0.1, 0.15) is 11.5 Å². The maximum absolute atomic E-state index is 12.5. The van der Waals surface area contributed by atoms with Gasteiger partial charge in [-0.2, -0.15) is 4.98 Å². The van der Waals surface area contributed by atoms with Crippen LogP contribution in [0.4, 0.5) is 28.1 Å². The lowest BCUT2D eigenvalue weighted by molar-refractivity contribution is 0.251. The second kappa shape index (κ2) is 8.13.